The average Bonchev–Trinajstić information content (AvgIpc) is 2.77. The fraction of sp³-hybridized carbons (Fsp3) is 0.0435. The average molecular weight is 434 g/mol. The van der Waals surface area contributed by atoms with E-state index in [1.807, 2.05) is 18.2 Å². The minimum atomic E-state index is -0.685. The number of para-hydroxylation sites is 1. The quantitative estimate of drug-likeness (QED) is 0.233. The van der Waals surface area contributed by atoms with Crippen molar-refractivity contribution in [3.63, 3.8) is 0 Å². The van der Waals surface area contributed by atoms with Crippen molar-refractivity contribution in [2.45, 2.75) is 6.61 Å². The van der Waals surface area contributed by atoms with Gasteiger partial charge < -0.3 is 10.1 Å². The summed E-state index contributed by atoms with van der Waals surface area (Å²) < 4.78 is 5.84. The standard InChI is InChI=1S/C23H16ClN3O4/c24-19-10-8-16(9-11-19)15-31-22-7-2-1-4-17(22)12-18(14-25)23(28)26-20-5-3-6-21(13-20)27(29)30/h1-13H,15H2,(H,26,28)/b18-12+. The molecule has 0 aliphatic carbocycles. The van der Waals surface area contributed by atoms with E-state index in [0.717, 1.165) is 5.56 Å². The van der Waals surface area contributed by atoms with Crippen LogP contribution in [0.5, 0.6) is 5.75 Å². The van der Waals surface area contributed by atoms with Crippen LogP contribution in [0.1, 0.15) is 11.1 Å². The van der Waals surface area contributed by atoms with Crippen LogP contribution in [-0.4, -0.2) is 10.8 Å². The monoisotopic (exact) mass is 433 g/mol. The lowest BCUT2D eigenvalue weighted by Gasteiger charge is -2.10. The molecule has 3 aromatic rings. The zero-order chi connectivity index (χ0) is 22.2. The maximum atomic E-state index is 12.5. The Morgan fingerprint density at radius 2 is 1.87 bits per heavy atom. The van der Waals surface area contributed by atoms with Gasteiger partial charge in [0.1, 0.15) is 24.0 Å². The molecule has 0 aliphatic rings. The molecule has 0 fully saturated rings. The number of nitriles is 1. The van der Waals surface area contributed by atoms with Gasteiger partial charge in [0.15, 0.2) is 0 Å². The third-order valence-electron chi connectivity index (χ3n) is 4.21. The lowest BCUT2D eigenvalue weighted by molar-refractivity contribution is -0.384. The maximum Gasteiger partial charge on any atom is 0.271 e. The third kappa shape index (κ3) is 5.92. The predicted molar refractivity (Wildman–Crippen MR) is 118 cm³/mol. The van der Waals surface area contributed by atoms with Crippen LogP contribution in [0.25, 0.3) is 6.08 Å². The summed E-state index contributed by atoms with van der Waals surface area (Å²) in [6, 6.07) is 21.5. The van der Waals surface area contributed by atoms with Gasteiger partial charge in [0, 0.05) is 28.4 Å². The summed E-state index contributed by atoms with van der Waals surface area (Å²) in [4.78, 5) is 22.9. The van der Waals surface area contributed by atoms with Crippen molar-refractivity contribution < 1.29 is 14.5 Å². The van der Waals surface area contributed by atoms with Crippen molar-refractivity contribution in [3.8, 4) is 11.8 Å². The zero-order valence-electron chi connectivity index (χ0n) is 16.1. The van der Waals surface area contributed by atoms with E-state index in [1.165, 1.54) is 30.3 Å². The second-order valence-electron chi connectivity index (χ2n) is 6.38. The van der Waals surface area contributed by atoms with Gasteiger partial charge in [-0.2, -0.15) is 5.26 Å². The lowest BCUT2D eigenvalue weighted by Crippen LogP contribution is -2.13. The summed E-state index contributed by atoms with van der Waals surface area (Å²) in [7, 11) is 0. The number of nitro groups is 1. The number of rotatable bonds is 7. The van der Waals surface area contributed by atoms with Crippen LogP contribution in [0.4, 0.5) is 11.4 Å². The molecule has 8 heteroatoms. The Morgan fingerprint density at radius 1 is 1.13 bits per heavy atom. The van der Waals surface area contributed by atoms with Gasteiger partial charge in [-0.05, 0) is 35.9 Å². The highest BCUT2D eigenvalue weighted by atomic mass is 35.5. The van der Waals surface area contributed by atoms with Crippen LogP contribution in [0, 0.1) is 21.4 Å². The van der Waals surface area contributed by atoms with Crippen molar-refractivity contribution in [1.29, 1.82) is 5.26 Å². The zero-order valence-corrected chi connectivity index (χ0v) is 16.9. The molecule has 0 saturated heterocycles. The first-order valence-corrected chi connectivity index (χ1v) is 9.48. The molecule has 154 valence electrons. The highest BCUT2D eigenvalue weighted by Gasteiger charge is 2.13. The maximum absolute atomic E-state index is 12.5. The number of ether oxygens (including phenoxy) is 1. The fourth-order valence-electron chi connectivity index (χ4n) is 2.67. The molecule has 0 radical (unpaired) electrons. The smallest absolute Gasteiger partial charge is 0.271 e. The first-order chi connectivity index (χ1) is 15.0. The number of carbonyl (C=O) groups excluding carboxylic acids is 1. The molecule has 31 heavy (non-hydrogen) atoms. The van der Waals surface area contributed by atoms with Gasteiger partial charge in [-0.25, -0.2) is 0 Å². The Hall–Kier alpha value is -4.15. The van der Waals surface area contributed by atoms with E-state index in [9.17, 15) is 20.2 Å². The first-order valence-electron chi connectivity index (χ1n) is 9.10. The van der Waals surface area contributed by atoms with Crippen molar-refractivity contribution in [2.75, 3.05) is 5.32 Å². The fourth-order valence-corrected chi connectivity index (χ4v) is 2.80. The topological polar surface area (TPSA) is 105 Å². The van der Waals surface area contributed by atoms with Crippen LogP contribution in [0.3, 0.4) is 0 Å². The number of benzene rings is 3. The molecule has 0 bridgehead atoms. The molecular formula is C23H16ClN3O4. The minimum absolute atomic E-state index is 0.166. The Bertz CT molecular complexity index is 1180. The number of halogens is 1. The van der Waals surface area contributed by atoms with E-state index in [2.05, 4.69) is 5.32 Å². The molecule has 7 nitrogen and oxygen atoms in total. The molecule has 3 rings (SSSR count). The van der Waals surface area contributed by atoms with Gasteiger partial charge >= 0.3 is 0 Å². The number of nitrogens with one attached hydrogen (secondary N) is 1. The first kappa shape index (κ1) is 21.6. The summed E-state index contributed by atoms with van der Waals surface area (Å²) in [6.07, 6.45) is 1.41. The summed E-state index contributed by atoms with van der Waals surface area (Å²) in [6.45, 7) is 0.282. The minimum Gasteiger partial charge on any atom is -0.488 e. The normalized spacial score (nSPS) is 10.8. The SMILES string of the molecule is N#C/C(=C\c1ccccc1OCc1ccc(Cl)cc1)C(=O)Nc1cccc([N+](=O)[O-])c1. The molecule has 0 spiro atoms. The van der Waals surface area contributed by atoms with Crippen molar-refractivity contribution in [2.24, 2.45) is 0 Å². The molecule has 3 aromatic carbocycles. The Balaban J connectivity index is 1.78. The second-order valence-corrected chi connectivity index (χ2v) is 6.82. The van der Waals surface area contributed by atoms with E-state index in [4.69, 9.17) is 16.3 Å². The van der Waals surface area contributed by atoms with Crippen molar-refractivity contribution >= 4 is 35.0 Å². The Morgan fingerprint density at radius 3 is 2.58 bits per heavy atom. The summed E-state index contributed by atoms with van der Waals surface area (Å²) in [5.74, 6) is -0.191. The van der Waals surface area contributed by atoms with Crippen molar-refractivity contribution in [3.05, 3.63) is 105 Å². The highest BCUT2D eigenvalue weighted by Crippen LogP contribution is 2.23. The summed E-state index contributed by atoms with van der Waals surface area (Å²) >= 11 is 5.89. The summed E-state index contributed by atoms with van der Waals surface area (Å²) in [5, 5.41) is 23.5. The second kappa shape index (κ2) is 10.1. The van der Waals surface area contributed by atoms with Crippen LogP contribution in [0.15, 0.2) is 78.4 Å². The molecular weight excluding hydrogens is 418 g/mol. The van der Waals surface area contributed by atoms with Gasteiger partial charge in [0.25, 0.3) is 11.6 Å². The number of hydrogen-bond acceptors (Lipinski definition) is 5. The third-order valence-corrected chi connectivity index (χ3v) is 4.46. The number of nitrogens with zero attached hydrogens (tertiary/aromatic N) is 2. The molecule has 0 unspecified atom stereocenters. The predicted octanol–water partition coefficient (Wildman–Crippen LogP) is 5.37. The molecule has 0 atom stereocenters. The largest absolute Gasteiger partial charge is 0.488 e. The molecule has 1 amide bonds. The van der Waals surface area contributed by atoms with Gasteiger partial charge in [-0.1, -0.05) is 48.0 Å². The Kier molecular flexibility index (Phi) is 6.99. The van der Waals surface area contributed by atoms with Gasteiger partial charge in [0.05, 0.1) is 4.92 Å². The molecule has 0 aromatic heterocycles. The van der Waals surface area contributed by atoms with Crippen LogP contribution in [-0.2, 0) is 11.4 Å². The number of anilines is 1. The van der Waals surface area contributed by atoms with Crippen LogP contribution < -0.4 is 10.1 Å². The van der Waals surface area contributed by atoms with Crippen LogP contribution in [0.2, 0.25) is 5.02 Å². The molecule has 0 saturated carbocycles. The van der Waals surface area contributed by atoms with Gasteiger partial charge in [0.2, 0.25) is 0 Å². The number of non-ortho nitro benzene ring substituents is 1. The summed E-state index contributed by atoms with van der Waals surface area (Å²) in [5.41, 5.74) is 1.33. The van der Waals surface area contributed by atoms with Crippen LogP contribution >= 0.6 is 11.6 Å². The Labute approximate surface area is 183 Å². The number of hydrogen-bond donors (Lipinski definition) is 1. The highest BCUT2D eigenvalue weighted by molar-refractivity contribution is 6.30. The van der Waals surface area contributed by atoms with E-state index >= 15 is 0 Å². The van der Waals surface area contributed by atoms with E-state index in [1.54, 1.807) is 36.4 Å². The van der Waals surface area contributed by atoms with E-state index in [-0.39, 0.29) is 23.6 Å². The number of carbonyl (C=O) groups is 1. The van der Waals surface area contributed by atoms with E-state index in [0.29, 0.717) is 16.3 Å². The number of amides is 1. The van der Waals surface area contributed by atoms with Gasteiger partial charge in [-0.3, -0.25) is 14.9 Å². The lowest BCUT2D eigenvalue weighted by atomic mass is 10.1. The van der Waals surface area contributed by atoms with Gasteiger partial charge in [-0.15, -0.1) is 0 Å². The molecule has 1 N–H and O–H groups in total. The van der Waals surface area contributed by atoms with E-state index < -0.39 is 10.8 Å². The van der Waals surface area contributed by atoms with Crippen molar-refractivity contribution in [1.82, 2.24) is 0 Å². The molecule has 0 heterocycles. The number of nitro benzene ring substituents is 1. The molecule has 0 aliphatic heterocycles.